The van der Waals surface area contributed by atoms with Crippen molar-refractivity contribution in [2.24, 2.45) is 0 Å². The van der Waals surface area contributed by atoms with E-state index in [-0.39, 0.29) is 5.41 Å². The number of rotatable bonds is 5. The number of nitrogens with zero attached hydrogens (tertiary/aromatic N) is 1. The molecule has 266 valence electrons. The average Bonchev–Trinajstić information content (AvgIpc) is 3.49. The minimum absolute atomic E-state index is 0.0952. The molecule has 11 rings (SSSR count). The van der Waals surface area contributed by atoms with Crippen LogP contribution in [0.4, 0.5) is 17.1 Å². The Bertz CT molecular complexity index is 3040. The van der Waals surface area contributed by atoms with E-state index in [1.54, 1.807) is 0 Å². The molecule has 0 radical (unpaired) electrons. The van der Waals surface area contributed by atoms with Crippen molar-refractivity contribution in [2.45, 2.75) is 32.1 Å². The first-order valence-electron chi connectivity index (χ1n) is 19.9. The van der Waals surface area contributed by atoms with Crippen LogP contribution in [0.2, 0.25) is 0 Å². The van der Waals surface area contributed by atoms with Gasteiger partial charge in [-0.05, 0) is 149 Å². The van der Waals surface area contributed by atoms with E-state index >= 15 is 0 Å². The quantitative estimate of drug-likeness (QED) is 0.160. The minimum Gasteiger partial charge on any atom is -0.310 e. The molecule has 0 aliphatic heterocycles. The molecule has 0 amide bonds. The highest BCUT2D eigenvalue weighted by Crippen LogP contribution is 2.51. The Hall–Kier alpha value is -6.70. The summed E-state index contributed by atoms with van der Waals surface area (Å²) >= 11 is 0. The number of allylic oxidation sites excluding steroid dienone is 1. The molecule has 0 saturated heterocycles. The van der Waals surface area contributed by atoms with Crippen LogP contribution in [0.25, 0.3) is 71.8 Å². The molecule has 1 nitrogen and oxygen atoms in total. The Kier molecular flexibility index (Phi) is 7.41. The van der Waals surface area contributed by atoms with Gasteiger partial charge in [0.25, 0.3) is 0 Å². The SMILES string of the molecule is CC1(C)c2ccccc2-c2ccc(N(c3ccc(-c4cc5ccccc5c5c4CCC=C5)cc3)c3ccc(-c4cc5ccccc5c5ccccc45)cc3)cc21. The van der Waals surface area contributed by atoms with E-state index in [1.165, 1.54) is 88.0 Å². The Balaban J connectivity index is 1.05. The highest BCUT2D eigenvalue weighted by atomic mass is 15.1. The van der Waals surface area contributed by atoms with Crippen molar-refractivity contribution in [3.63, 3.8) is 0 Å². The second-order valence-electron chi connectivity index (χ2n) is 16.0. The van der Waals surface area contributed by atoms with Gasteiger partial charge in [-0.15, -0.1) is 0 Å². The number of fused-ring (bicyclic) bond motifs is 9. The zero-order valence-corrected chi connectivity index (χ0v) is 31.8. The van der Waals surface area contributed by atoms with Crippen molar-refractivity contribution in [3.8, 4) is 33.4 Å². The van der Waals surface area contributed by atoms with Gasteiger partial charge >= 0.3 is 0 Å². The fourth-order valence-electron chi connectivity index (χ4n) is 9.72. The largest absolute Gasteiger partial charge is 0.310 e. The second kappa shape index (κ2) is 12.7. The highest BCUT2D eigenvalue weighted by Gasteiger charge is 2.35. The maximum Gasteiger partial charge on any atom is 0.0465 e. The number of hydrogen-bond acceptors (Lipinski definition) is 1. The molecule has 56 heavy (non-hydrogen) atoms. The summed E-state index contributed by atoms with van der Waals surface area (Å²) in [4.78, 5) is 2.43. The van der Waals surface area contributed by atoms with Crippen LogP contribution >= 0.6 is 0 Å². The predicted octanol–water partition coefficient (Wildman–Crippen LogP) is 15.2. The summed E-state index contributed by atoms with van der Waals surface area (Å²) in [5.41, 5.74) is 16.7. The third-order valence-electron chi connectivity index (χ3n) is 12.5. The molecule has 2 aliphatic rings. The van der Waals surface area contributed by atoms with E-state index in [9.17, 15) is 0 Å². The van der Waals surface area contributed by atoms with Crippen LogP contribution in [-0.2, 0) is 11.8 Å². The van der Waals surface area contributed by atoms with Crippen LogP contribution in [0.5, 0.6) is 0 Å². The van der Waals surface area contributed by atoms with E-state index in [1.807, 2.05) is 0 Å². The maximum atomic E-state index is 2.43. The van der Waals surface area contributed by atoms with Gasteiger partial charge < -0.3 is 4.90 Å². The van der Waals surface area contributed by atoms with Crippen molar-refractivity contribution in [1.82, 2.24) is 0 Å². The van der Waals surface area contributed by atoms with Crippen LogP contribution in [0.1, 0.15) is 42.5 Å². The van der Waals surface area contributed by atoms with Gasteiger partial charge in [0.1, 0.15) is 0 Å². The van der Waals surface area contributed by atoms with Crippen LogP contribution in [0, 0.1) is 0 Å². The van der Waals surface area contributed by atoms with Gasteiger partial charge in [-0.25, -0.2) is 0 Å². The summed E-state index contributed by atoms with van der Waals surface area (Å²) in [7, 11) is 0. The van der Waals surface area contributed by atoms with Crippen molar-refractivity contribution in [2.75, 3.05) is 4.90 Å². The molecule has 0 fully saturated rings. The summed E-state index contributed by atoms with van der Waals surface area (Å²) in [6, 6.07) is 65.5. The molecule has 9 aromatic carbocycles. The molecule has 9 aromatic rings. The lowest BCUT2D eigenvalue weighted by atomic mass is 9.82. The predicted molar refractivity (Wildman–Crippen MR) is 239 cm³/mol. The molecule has 0 atom stereocenters. The molecule has 0 saturated carbocycles. The Morgan fingerprint density at radius 1 is 0.429 bits per heavy atom. The van der Waals surface area contributed by atoms with Crippen molar-refractivity contribution in [3.05, 3.63) is 204 Å². The Labute approximate surface area is 328 Å². The van der Waals surface area contributed by atoms with Gasteiger partial charge in [0.2, 0.25) is 0 Å². The van der Waals surface area contributed by atoms with Gasteiger partial charge in [0.05, 0.1) is 0 Å². The fraction of sp³-hybridized carbons (Fsp3) is 0.0909. The summed E-state index contributed by atoms with van der Waals surface area (Å²) in [6.45, 7) is 4.73. The van der Waals surface area contributed by atoms with E-state index < -0.39 is 0 Å². The number of hydrogen-bond donors (Lipinski definition) is 0. The van der Waals surface area contributed by atoms with Crippen LogP contribution in [0.15, 0.2) is 182 Å². The van der Waals surface area contributed by atoms with Crippen LogP contribution < -0.4 is 4.90 Å². The first-order chi connectivity index (χ1) is 27.5. The van der Waals surface area contributed by atoms with Crippen molar-refractivity contribution >= 4 is 55.5 Å². The fourth-order valence-corrected chi connectivity index (χ4v) is 9.72. The zero-order chi connectivity index (χ0) is 37.4. The molecule has 0 N–H and O–H groups in total. The third-order valence-corrected chi connectivity index (χ3v) is 12.5. The number of anilines is 3. The van der Waals surface area contributed by atoms with E-state index in [4.69, 9.17) is 0 Å². The van der Waals surface area contributed by atoms with Crippen LogP contribution in [-0.4, -0.2) is 0 Å². The molecular formula is C55H41N. The van der Waals surface area contributed by atoms with Crippen molar-refractivity contribution in [1.29, 1.82) is 0 Å². The monoisotopic (exact) mass is 715 g/mol. The first-order valence-corrected chi connectivity index (χ1v) is 19.9. The summed E-state index contributed by atoms with van der Waals surface area (Å²) in [6.07, 6.45) is 6.79. The first kappa shape index (κ1) is 32.7. The van der Waals surface area contributed by atoms with E-state index in [0.29, 0.717) is 0 Å². The summed E-state index contributed by atoms with van der Waals surface area (Å²) in [5.74, 6) is 0. The van der Waals surface area contributed by atoms with Crippen LogP contribution in [0.3, 0.4) is 0 Å². The normalized spacial score (nSPS) is 13.8. The Morgan fingerprint density at radius 3 is 1.73 bits per heavy atom. The van der Waals surface area contributed by atoms with E-state index in [0.717, 1.165) is 29.9 Å². The topological polar surface area (TPSA) is 3.24 Å². The lowest BCUT2D eigenvalue weighted by Gasteiger charge is -2.28. The molecule has 0 spiro atoms. The molecular weight excluding hydrogens is 675 g/mol. The van der Waals surface area contributed by atoms with Crippen molar-refractivity contribution < 1.29 is 0 Å². The molecule has 2 aliphatic carbocycles. The lowest BCUT2D eigenvalue weighted by Crippen LogP contribution is -2.16. The van der Waals surface area contributed by atoms with Gasteiger partial charge in [0.15, 0.2) is 0 Å². The molecule has 0 bridgehead atoms. The van der Waals surface area contributed by atoms with Gasteiger partial charge in [-0.2, -0.15) is 0 Å². The third kappa shape index (κ3) is 5.08. The standard InChI is InChI=1S/C55H41N/c1-55(2)53-22-12-11-21-49(53)50-32-31-42(35-54(50)55)56(40-27-23-36(24-28-40)51-33-38-13-3-5-15-43(38)45-17-7-9-19-47(45)51)41-29-25-37(26-30-41)52-34-39-14-4-6-16-44(39)46-18-8-10-20-48(46)52/h3-9,11-19,21-35H,10,20H2,1-2H3. The minimum atomic E-state index is -0.0952. The summed E-state index contributed by atoms with van der Waals surface area (Å²) < 4.78 is 0. The maximum absolute atomic E-state index is 2.43. The molecule has 0 unspecified atom stereocenters. The molecule has 0 aromatic heterocycles. The van der Waals surface area contributed by atoms with Gasteiger partial charge in [-0.3, -0.25) is 0 Å². The second-order valence-corrected chi connectivity index (χ2v) is 16.0. The van der Waals surface area contributed by atoms with Gasteiger partial charge in [-0.1, -0.05) is 153 Å². The molecule has 1 heteroatoms. The molecule has 0 heterocycles. The highest BCUT2D eigenvalue weighted by molar-refractivity contribution is 6.13. The van der Waals surface area contributed by atoms with Gasteiger partial charge in [0, 0.05) is 22.5 Å². The number of benzene rings is 9. The zero-order valence-electron chi connectivity index (χ0n) is 31.8. The Morgan fingerprint density at radius 2 is 0.982 bits per heavy atom. The lowest BCUT2D eigenvalue weighted by molar-refractivity contribution is 0.660. The smallest absolute Gasteiger partial charge is 0.0465 e. The summed E-state index contributed by atoms with van der Waals surface area (Å²) in [5, 5.41) is 7.75. The average molecular weight is 716 g/mol. The van der Waals surface area contributed by atoms with E-state index in [2.05, 4.69) is 207 Å².